The Morgan fingerprint density at radius 2 is 1.74 bits per heavy atom. The van der Waals surface area contributed by atoms with Gasteiger partial charge in [-0.05, 0) is 67.5 Å². The fraction of sp³-hybridized carbons (Fsp3) is 0.455. The molecule has 1 unspecified atom stereocenters. The number of alkyl halides is 3. The van der Waals surface area contributed by atoms with Crippen molar-refractivity contribution in [1.29, 1.82) is 0 Å². The van der Waals surface area contributed by atoms with Gasteiger partial charge in [0.1, 0.15) is 5.75 Å². The molecular formula is C22H25Cl2F3NO5P. The lowest BCUT2D eigenvalue weighted by Crippen LogP contribution is -2.56. The zero-order chi connectivity index (χ0) is 25.1. The Morgan fingerprint density at radius 1 is 1.09 bits per heavy atom. The van der Waals surface area contributed by atoms with Crippen molar-refractivity contribution < 1.29 is 36.4 Å². The van der Waals surface area contributed by atoms with Crippen molar-refractivity contribution in [3.63, 3.8) is 0 Å². The molecule has 1 saturated heterocycles. The van der Waals surface area contributed by atoms with E-state index >= 15 is 0 Å². The van der Waals surface area contributed by atoms with E-state index in [0.717, 1.165) is 11.6 Å². The van der Waals surface area contributed by atoms with E-state index in [1.807, 2.05) is 0 Å². The van der Waals surface area contributed by atoms with Gasteiger partial charge in [-0.1, -0.05) is 42.3 Å². The Morgan fingerprint density at radius 3 is 2.32 bits per heavy atom. The van der Waals surface area contributed by atoms with Crippen LogP contribution in [-0.2, 0) is 32.6 Å². The van der Waals surface area contributed by atoms with Crippen molar-refractivity contribution in [3.8, 4) is 5.75 Å². The largest absolute Gasteiger partial charge is 0.493 e. The molecule has 1 fully saturated rings. The molecule has 6 nitrogen and oxygen atoms in total. The average molecular weight is 542 g/mol. The Kier molecular flexibility index (Phi) is 8.62. The van der Waals surface area contributed by atoms with Crippen molar-refractivity contribution >= 4 is 31.0 Å². The van der Waals surface area contributed by atoms with E-state index in [9.17, 15) is 17.7 Å². The van der Waals surface area contributed by atoms with E-state index in [0.29, 0.717) is 34.9 Å². The summed E-state index contributed by atoms with van der Waals surface area (Å²) in [7, 11) is -4.06. The third-order valence-electron chi connectivity index (χ3n) is 5.67. The van der Waals surface area contributed by atoms with E-state index in [4.69, 9.17) is 47.6 Å². The maximum absolute atomic E-state index is 13.7. The molecule has 0 radical (unpaired) electrons. The van der Waals surface area contributed by atoms with Gasteiger partial charge >= 0.3 is 14.0 Å². The van der Waals surface area contributed by atoms with E-state index in [1.54, 1.807) is 31.2 Å². The molecule has 0 saturated carbocycles. The quantitative estimate of drug-likeness (QED) is 0.262. The van der Waals surface area contributed by atoms with Crippen LogP contribution in [0.5, 0.6) is 5.75 Å². The van der Waals surface area contributed by atoms with Crippen LogP contribution in [0.1, 0.15) is 42.9 Å². The standard InChI is InChI=1S/C22H25Cl2F3NO5P/c1-2-21(28,20-32-34(29,30)33-20)10-9-15-6-8-19(16(12-15)22(25,26)27)31-11-3-4-14-5-7-17(23)18(24)13-14/h5-8,12-13,20H,2-4,9-11,28H2,1H3,(H,29,30). The van der Waals surface area contributed by atoms with Crippen LogP contribution in [0.25, 0.3) is 0 Å². The van der Waals surface area contributed by atoms with Crippen molar-refractivity contribution in [2.75, 3.05) is 6.61 Å². The van der Waals surface area contributed by atoms with Crippen molar-refractivity contribution in [2.45, 2.75) is 57.0 Å². The third kappa shape index (κ3) is 6.88. The Hall–Kier alpha value is -1.32. The van der Waals surface area contributed by atoms with Crippen molar-refractivity contribution in [1.82, 2.24) is 0 Å². The molecule has 3 N–H and O–H groups in total. The van der Waals surface area contributed by atoms with E-state index in [2.05, 4.69) is 0 Å². The number of halogens is 5. The lowest BCUT2D eigenvalue weighted by atomic mass is 9.88. The van der Waals surface area contributed by atoms with Crippen LogP contribution in [0.4, 0.5) is 13.2 Å². The summed E-state index contributed by atoms with van der Waals surface area (Å²) in [5.74, 6) is -0.258. The molecule has 0 aliphatic carbocycles. The summed E-state index contributed by atoms with van der Waals surface area (Å²) in [6.45, 7) is 1.82. The maximum Gasteiger partial charge on any atom is 0.477 e. The summed E-state index contributed by atoms with van der Waals surface area (Å²) in [5.41, 5.74) is 5.53. The Labute approximate surface area is 205 Å². The summed E-state index contributed by atoms with van der Waals surface area (Å²) < 4.78 is 67.3. The molecule has 1 atom stereocenters. The van der Waals surface area contributed by atoms with Gasteiger partial charge in [0.25, 0.3) is 0 Å². The van der Waals surface area contributed by atoms with Crippen LogP contribution < -0.4 is 10.5 Å². The van der Waals surface area contributed by atoms with Crippen molar-refractivity contribution in [2.24, 2.45) is 5.73 Å². The monoisotopic (exact) mass is 541 g/mol. The summed E-state index contributed by atoms with van der Waals surface area (Å²) in [4.78, 5) is 9.17. The number of nitrogens with two attached hydrogens (primary N) is 1. The van der Waals surface area contributed by atoms with Gasteiger partial charge in [0.15, 0.2) is 6.29 Å². The van der Waals surface area contributed by atoms with Crippen LogP contribution in [0.15, 0.2) is 36.4 Å². The van der Waals surface area contributed by atoms with Gasteiger partial charge in [-0.3, -0.25) is 9.05 Å². The van der Waals surface area contributed by atoms with E-state index in [1.165, 1.54) is 6.07 Å². The molecule has 0 amide bonds. The first-order valence-corrected chi connectivity index (χ1v) is 12.8. The number of rotatable bonds is 10. The number of hydrogen-bond acceptors (Lipinski definition) is 5. The third-order valence-corrected chi connectivity index (χ3v) is 7.32. The van der Waals surface area contributed by atoms with Crippen LogP contribution in [0.2, 0.25) is 10.0 Å². The van der Waals surface area contributed by atoms with Crippen LogP contribution in [-0.4, -0.2) is 23.3 Å². The number of ether oxygens (including phenoxy) is 1. The zero-order valence-corrected chi connectivity index (χ0v) is 20.7. The molecule has 1 aliphatic heterocycles. The molecular weight excluding hydrogens is 517 g/mol. The average Bonchev–Trinajstić information content (AvgIpc) is 2.75. The van der Waals surface area contributed by atoms with Gasteiger partial charge < -0.3 is 15.4 Å². The van der Waals surface area contributed by atoms with E-state index in [-0.39, 0.29) is 25.2 Å². The molecule has 3 rings (SSSR count). The Bertz CT molecular complexity index is 1060. The molecule has 2 aromatic rings. The highest BCUT2D eigenvalue weighted by Crippen LogP contribution is 2.58. The highest BCUT2D eigenvalue weighted by molar-refractivity contribution is 7.48. The Balaban J connectivity index is 1.62. The number of phosphoric acid groups is 1. The molecule has 1 heterocycles. The van der Waals surface area contributed by atoms with Gasteiger partial charge in [0, 0.05) is 0 Å². The first-order valence-electron chi connectivity index (χ1n) is 10.6. The number of phosphoric ester groups is 1. The smallest absolute Gasteiger partial charge is 0.477 e. The van der Waals surface area contributed by atoms with Gasteiger partial charge in [0.05, 0.1) is 27.8 Å². The predicted octanol–water partition coefficient (Wildman–Crippen LogP) is 6.54. The van der Waals surface area contributed by atoms with Gasteiger partial charge in [-0.25, -0.2) is 4.57 Å². The molecule has 0 aromatic heterocycles. The fourth-order valence-corrected chi connectivity index (χ4v) is 4.77. The second-order valence-electron chi connectivity index (χ2n) is 8.13. The predicted molar refractivity (Wildman–Crippen MR) is 123 cm³/mol. The molecule has 188 valence electrons. The summed E-state index contributed by atoms with van der Waals surface area (Å²) in [6.07, 6.45) is -3.93. The van der Waals surface area contributed by atoms with Crippen molar-refractivity contribution in [3.05, 3.63) is 63.1 Å². The molecule has 34 heavy (non-hydrogen) atoms. The minimum atomic E-state index is -4.61. The summed E-state index contributed by atoms with van der Waals surface area (Å²) in [5, 5.41) is 0.851. The molecule has 12 heteroatoms. The van der Waals surface area contributed by atoms with Crippen LogP contribution >= 0.6 is 31.0 Å². The minimum Gasteiger partial charge on any atom is -0.493 e. The first kappa shape index (κ1) is 27.3. The molecule has 0 spiro atoms. The lowest BCUT2D eigenvalue weighted by Gasteiger charge is -2.42. The molecule has 0 bridgehead atoms. The normalized spacial score (nSPS) is 22.2. The lowest BCUT2D eigenvalue weighted by molar-refractivity contribution is -0.161. The summed E-state index contributed by atoms with van der Waals surface area (Å²) >= 11 is 11.9. The second-order valence-corrected chi connectivity index (χ2v) is 10.3. The second kappa shape index (κ2) is 10.7. The number of hydrogen-bond donors (Lipinski definition) is 2. The highest BCUT2D eigenvalue weighted by atomic mass is 35.5. The summed E-state index contributed by atoms with van der Waals surface area (Å²) in [6, 6.07) is 9.05. The molecule has 1 aliphatic rings. The molecule has 2 aromatic carbocycles. The number of aryl methyl sites for hydroxylation is 2. The van der Waals surface area contributed by atoms with Gasteiger partial charge in [-0.2, -0.15) is 13.2 Å². The van der Waals surface area contributed by atoms with Gasteiger partial charge in [-0.15, -0.1) is 0 Å². The fourth-order valence-electron chi connectivity index (χ4n) is 3.53. The van der Waals surface area contributed by atoms with Crippen LogP contribution in [0.3, 0.4) is 0 Å². The first-order chi connectivity index (χ1) is 15.8. The SMILES string of the molecule is CCC(N)(CCc1ccc(OCCCc2ccc(Cl)c(Cl)c2)c(C(F)(F)F)c1)C1OP(=O)(O)O1. The maximum atomic E-state index is 13.7. The minimum absolute atomic E-state index is 0.0853. The zero-order valence-electron chi connectivity index (χ0n) is 18.3. The number of benzene rings is 2. The highest BCUT2D eigenvalue weighted by Gasteiger charge is 2.51. The van der Waals surface area contributed by atoms with E-state index < -0.39 is 31.4 Å². The van der Waals surface area contributed by atoms with Gasteiger partial charge in [0.2, 0.25) is 0 Å². The van der Waals surface area contributed by atoms with Crippen LogP contribution in [0, 0.1) is 0 Å². The topological polar surface area (TPSA) is 91.0 Å².